The lowest BCUT2D eigenvalue weighted by atomic mass is 10.1. The third-order valence-electron chi connectivity index (χ3n) is 1.91. The summed E-state index contributed by atoms with van der Waals surface area (Å²) in [6, 6.07) is 6.75. The molecule has 78 valence electrons. The van der Waals surface area contributed by atoms with Crippen LogP contribution < -0.4 is 0 Å². The van der Waals surface area contributed by atoms with Gasteiger partial charge in [0, 0.05) is 18.0 Å². The lowest BCUT2D eigenvalue weighted by molar-refractivity contribution is 0.0697. The summed E-state index contributed by atoms with van der Waals surface area (Å²) in [6.45, 7) is 0. The number of benzene rings is 1. The van der Waals surface area contributed by atoms with Crippen LogP contribution in [0.2, 0.25) is 0 Å². The van der Waals surface area contributed by atoms with Gasteiger partial charge in [-0.25, -0.2) is 9.78 Å². The Labute approximate surface area is 92.4 Å². The van der Waals surface area contributed by atoms with Crippen molar-refractivity contribution in [3.63, 3.8) is 0 Å². The molecule has 2 rings (SSSR count). The highest BCUT2D eigenvalue weighted by Gasteiger charge is 2.11. The molecule has 0 amide bonds. The van der Waals surface area contributed by atoms with Gasteiger partial charge in [0.2, 0.25) is 0 Å². The number of imidazole rings is 1. The normalized spacial score (nSPS) is 9.33. The van der Waals surface area contributed by atoms with Crippen molar-refractivity contribution < 1.29 is 9.90 Å². The molecular weight excluding hydrogens is 216 g/mol. The van der Waals surface area contributed by atoms with E-state index in [1.54, 1.807) is 36.7 Å². The van der Waals surface area contributed by atoms with Crippen molar-refractivity contribution in [1.29, 1.82) is 0 Å². The first-order valence-corrected chi connectivity index (χ1v) is 4.11. The molecule has 0 spiro atoms. The largest absolute Gasteiger partial charge is 0.478 e. The molecular formula is C10H9ClN2O2. The minimum atomic E-state index is -0.947. The lowest BCUT2D eigenvalue weighted by Crippen LogP contribution is -1.99. The second-order valence-corrected chi connectivity index (χ2v) is 2.79. The number of hydrogen-bond donors (Lipinski definition) is 2. The maximum atomic E-state index is 10.9. The Hall–Kier alpha value is -1.81. The summed E-state index contributed by atoms with van der Waals surface area (Å²) >= 11 is 0. The van der Waals surface area contributed by atoms with E-state index in [1.807, 2.05) is 0 Å². The number of carboxylic acid groups (broad SMARTS) is 1. The van der Waals surface area contributed by atoms with Crippen molar-refractivity contribution in [3.8, 4) is 11.4 Å². The van der Waals surface area contributed by atoms with Crippen molar-refractivity contribution >= 4 is 18.4 Å². The van der Waals surface area contributed by atoms with Gasteiger partial charge in [-0.05, 0) is 6.07 Å². The van der Waals surface area contributed by atoms with Crippen LogP contribution >= 0.6 is 12.4 Å². The smallest absolute Gasteiger partial charge is 0.336 e. The fourth-order valence-corrected chi connectivity index (χ4v) is 1.29. The third kappa shape index (κ3) is 2.16. The van der Waals surface area contributed by atoms with E-state index in [0.29, 0.717) is 11.4 Å². The number of carbonyl (C=O) groups is 1. The topological polar surface area (TPSA) is 66.0 Å². The van der Waals surface area contributed by atoms with Crippen LogP contribution in [0.25, 0.3) is 11.4 Å². The van der Waals surface area contributed by atoms with E-state index in [2.05, 4.69) is 9.97 Å². The Morgan fingerprint density at radius 2 is 2.07 bits per heavy atom. The van der Waals surface area contributed by atoms with Gasteiger partial charge >= 0.3 is 5.97 Å². The van der Waals surface area contributed by atoms with E-state index >= 15 is 0 Å². The number of rotatable bonds is 2. The average molecular weight is 225 g/mol. The van der Waals surface area contributed by atoms with Crippen LogP contribution in [0, 0.1) is 0 Å². The fourth-order valence-electron chi connectivity index (χ4n) is 1.29. The third-order valence-corrected chi connectivity index (χ3v) is 1.91. The van der Waals surface area contributed by atoms with Crippen LogP contribution in [-0.4, -0.2) is 21.0 Å². The summed E-state index contributed by atoms with van der Waals surface area (Å²) in [5.41, 5.74) is 0.854. The van der Waals surface area contributed by atoms with Crippen molar-refractivity contribution in [3.05, 3.63) is 42.2 Å². The number of H-pyrrole nitrogens is 1. The molecule has 0 bridgehead atoms. The SMILES string of the molecule is Cl.O=C(O)c1ccccc1-c1ncc[nH]1. The van der Waals surface area contributed by atoms with Gasteiger partial charge in [0.15, 0.2) is 0 Å². The number of nitrogens with zero attached hydrogens (tertiary/aromatic N) is 1. The molecule has 2 aromatic rings. The summed E-state index contributed by atoms with van der Waals surface area (Å²) in [4.78, 5) is 17.8. The molecule has 1 heterocycles. The van der Waals surface area contributed by atoms with E-state index in [4.69, 9.17) is 5.11 Å². The van der Waals surface area contributed by atoms with Gasteiger partial charge in [0.1, 0.15) is 5.82 Å². The first-order valence-electron chi connectivity index (χ1n) is 4.11. The standard InChI is InChI=1S/C10H8N2O2.ClH/c13-10(14)8-4-2-1-3-7(8)9-11-5-6-12-9;/h1-6H,(H,11,12)(H,13,14);1H. The predicted octanol–water partition coefficient (Wildman–Crippen LogP) is 2.20. The molecule has 0 aliphatic rings. The van der Waals surface area contributed by atoms with Gasteiger partial charge in [-0.2, -0.15) is 0 Å². The summed E-state index contributed by atoms with van der Waals surface area (Å²) < 4.78 is 0. The van der Waals surface area contributed by atoms with Crippen molar-refractivity contribution in [2.24, 2.45) is 0 Å². The minimum Gasteiger partial charge on any atom is -0.478 e. The fraction of sp³-hybridized carbons (Fsp3) is 0. The highest BCUT2D eigenvalue weighted by molar-refractivity contribution is 5.94. The maximum Gasteiger partial charge on any atom is 0.336 e. The average Bonchev–Trinajstić information content (AvgIpc) is 2.70. The Morgan fingerprint density at radius 3 is 2.67 bits per heavy atom. The zero-order valence-corrected chi connectivity index (χ0v) is 8.49. The van der Waals surface area contributed by atoms with Gasteiger partial charge in [-0.15, -0.1) is 12.4 Å². The van der Waals surface area contributed by atoms with E-state index in [9.17, 15) is 4.79 Å². The van der Waals surface area contributed by atoms with Crippen LogP contribution in [0.1, 0.15) is 10.4 Å². The summed E-state index contributed by atoms with van der Waals surface area (Å²) in [5, 5.41) is 8.92. The molecule has 1 aromatic heterocycles. The number of hydrogen-bond acceptors (Lipinski definition) is 2. The molecule has 15 heavy (non-hydrogen) atoms. The van der Waals surface area contributed by atoms with E-state index in [0.717, 1.165) is 0 Å². The molecule has 0 atom stereocenters. The maximum absolute atomic E-state index is 10.9. The Kier molecular flexibility index (Phi) is 3.46. The van der Waals surface area contributed by atoms with Crippen LogP contribution in [0.5, 0.6) is 0 Å². The van der Waals surface area contributed by atoms with Crippen LogP contribution in [0.3, 0.4) is 0 Å². The molecule has 1 aromatic carbocycles. The van der Waals surface area contributed by atoms with E-state index < -0.39 is 5.97 Å². The molecule has 5 heteroatoms. The zero-order chi connectivity index (χ0) is 9.97. The van der Waals surface area contributed by atoms with E-state index in [-0.39, 0.29) is 18.0 Å². The molecule has 0 aliphatic carbocycles. The van der Waals surface area contributed by atoms with Crippen molar-refractivity contribution in [1.82, 2.24) is 9.97 Å². The molecule has 0 unspecified atom stereocenters. The second kappa shape index (κ2) is 4.61. The number of aromatic nitrogens is 2. The molecule has 2 N–H and O–H groups in total. The monoisotopic (exact) mass is 224 g/mol. The molecule has 0 radical (unpaired) electrons. The lowest BCUT2D eigenvalue weighted by Gasteiger charge is -2.01. The number of aromatic carboxylic acids is 1. The highest BCUT2D eigenvalue weighted by Crippen LogP contribution is 2.19. The van der Waals surface area contributed by atoms with Crippen molar-refractivity contribution in [2.75, 3.05) is 0 Å². The summed E-state index contributed by atoms with van der Waals surface area (Å²) in [7, 11) is 0. The molecule has 0 aliphatic heterocycles. The molecule has 0 fully saturated rings. The summed E-state index contributed by atoms with van der Waals surface area (Å²) in [6.07, 6.45) is 3.25. The quantitative estimate of drug-likeness (QED) is 0.822. The van der Waals surface area contributed by atoms with Gasteiger partial charge in [0.05, 0.1) is 5.56 Å². The van der Waals surface area contributed by atoms with Crippen LogP contribution in [0.4, 0.5) is 0 Å². The number of halogens is 1. The van der Waals surface area contributed by atoms with Gasteiger partial charge in [-0.1, -0.05) is 18.2 Å². The first kappa shape index (κ1) is 11.3. The van der Waals surface area contributed by atoms with Gasteiger partial charge in [0.25, 0.3) is 0 Å². The Bertz CT molecular complexity index is 454. The second-order valence-electron chi connectivity index (χ2n) is 2.79. The zero-order valence-electron chi connectivity index (χ0n) is 7.68. The van der Waals surface area contributed by atoms with Gasteiger partial charge < -0.3 is 10.1 Å². The summed E-state index contributed by atoms with van der Waals surface area (Å²) in [5.74, 6) is -0.375. The minimum absolute atomic E-state index is 0. The Balaban J connectivity index is 0.00000112. The number of nitrogens with one attached hydrogen (secondary N) is 1. The predicted molar refractivity (Wildman–Crippen MR) is 58.2 cm³/mol. The Morgan fingerprint density at radius 1 is 1.33 bits per heavy atom. The molecule has 0 saturated heterocycles. The first-order chi connectivity index (χ1) is 6.79. The highest BCUT2D eigenvalue weighted by atomic mass is 35.5. The van der Waals surface area contributed by atoms with Crippen LogP contribution in [-0.2, 0) is 0 Å². The number of carboxylic acids is 1. The molecule has 0 saturated carbocycles. The van der Waals surface area contributed by atoms with Crippen LogP contribution in [0.15, 0.2) is 36.7 Å². The van der Waals surface area contributed by atoms with Gasteiger partial charge in [-0.3, -0.25) is 0 Å². The van der Waals surface area contributed by atoms with Crippen molar-refractivity contribution in [2.45, 2.75) is 0 Å². The van der Waals surface area contributed by atoms with E-state index in [1.165, 1.54) is 0 Å². The number of aromatic amines is 1. The molecule has 4 nitrogen and oxygen atoms in total.